The van der Waals surface area contributed by atoms with E-state index in [0.717, 1.165) is 19.5 Å². The van der Waals surface area contributed by atoms with Gasteiger partial charge in [-0.1, -0.05) is 13.8 Å². The highest BCUT2D eigenvalue weighted by Crippen LogP contribution is 2.21. The van der Waals surface area contributed by atoms with E-state index in [9.17, 15) is 4.79 Å². The van der Waals surface area contributed by atoms with Crippen LogP contribution in [0.3, 0.4) is 0 Å². The van der Waals surface area contributed by atoms with Gasteiger partial charge in [-0.25, -0.2) is 0 Å². The molecule has 0 aliphatic carbocycles. The minimum Gasteiger partial charge on any atom is -0.367 e. The Morgan fingerprint density at radius 2 is 2.39 bits per heavy atom. The first kappa shape index (κ1) is 13.1. The predicted octanol–water partition coefficient (Wildman–Crippen LogP) is 1.41. The lowest BCUT2D eigenvalue weighted by molar-refractivity contribution is -0.122. The maximum atomic E-state index is 11.9. The normalized spacial score (nSPS) is 20.0. The van der Waals surface area contributed by atoms with Crippen molar-refractivity contribution in [3.05, 3.63) is 24.0 Å². The van der Waals surface area contributed by atoms with Crippen LogP contribution in [0.4, 0.5) is 0 Å². The first-order chi connectivity index (χ1) is 8.58. The molecule has 100 valence electrons. The summed E-state index contributed by atoms with van der Waals surface area (Å²) in [5.41, 5.74) is 1.20. The molecule has 0 aromatic carbocycles. The van der Waals surface area contributed by atoms with E-state index in [1.165, 1.54) is 5.56 Å². The second-order valence-electron chi connectivity index (χ2n) is 5.82. The van der Waals surface area contributed by atoms with Gasteiger partial charge in [-0.05, 0) is 37.1 Å². The number of hydrogen-bond donors (Lipinski definition) is 3. The van der Waals surface area contributed by atoms with Gasteiger partial charge < -0.3 is 15.6 Å². The van der Waals surface area contributed by atoms with Crippen LogP contribution in [0.1, 0.15) is 32.3 Å². The molecule has 1 aromatic rings. The summed E-state index contributed by atoms with van der Waals surface area (Å²) in [5, 5.41) is 6.35. The lowest BCUT2D eigenvalue weighted by atomic mass is 9.86. The fraction of sp³-hybridized carbons (Fsp3) is 0.643. The van der Waals surface area contributed by atoms with E-state index in [4.69, 9.17) is 0 Å². The van der Waals surface area contributed by atoms with Crippen molar-refractivity contribution in [1.82, 2.24) is 15.6 Å². The van der Waals surface area contributed by atoms with Gasteiger partial charge in [0.2, 0.25) is 5.91 Å². The van der Waals surface area contributed by atoms with Gasteiger partial charge >= 0.3 is 0 Å². The number of hydrogen-bond acceptors (Lipinski definition) is 2. The summed E-state index contributed by atoms with van der Waals surface area (Å²) in [6.45, 7) is 7.01. The van der Waals surface area contributed by atoms with Crippen LogP contribution in [0.5, 0.6) is 0 Å². The Morgan fingerprint density at radius 3 is 3.00 bits per heavy atom. The molecule has 0 spiro atoms. The summed E-state index contributed by atoms with van der Waals surface area (Å²) in [5.74, 6) is 0.688. The SMILES string of the molecule is CC(C)(CNC(=O)CC1CCNC1)c1cc[nH]c1. The third-order valence-corrected chi connectivity index (χ3v) is 3.74. The van der Waals surface area contributed by atoms with Crippen molar-refractivity contribution in [2.24, 2.45) is 5.92 Å². The number of aromatic nitrogens is 1. The molecule has 18 heavy (non-hydrogen) atoms. The molecular weight excluding hydrogens is 226 g/mol. The fourth-order valence-corrected chi connectivity index (χ4v) is 2.39. The molecule has 1 unspecified atom stereocenters. The van der Waals surface area contributed by atoms with E-state index >= 15 is 0 Å². The molecule has 0 radical (unpaired) electrons. The number of carbonyl (C=O) groups excluding carboxylic acids is 1. The molecule has 1 aliphatic rings. The van der Waals surface area contributed by atoms with Gasteiger partial charge in [-0.2, -0.15) is 0 Å². The molecule has 1 aromatic heterocycles. The number of carbonyl (C=O) groups is 1. The largest absolute Gasteiger partial charge is 0.367 e. The van der Waals surface area contributed by atoms with E-state index in [0.29, 0.717) is 18.9 Å². The standard InChI is InChI=1S/C14H23N3O/c1-14(2,12-4-6-16-9-12)10-17-13(18)7-11-3-5-15-8-11/h4,6,9,11,15-16H,3,5,7-8,10H2,1-2H3,(H,17,18). The third kappa shape index (κ3) is 3.35. The highest BCUT2D eigenvalue weighted by atomic mass is 16.1. The summed E-state index contributed by atoms with van der Waals surface area (Å²) < 4.78 is 0. The molecule has 2 rings (SSSR count). The van der Waals surface area contributed by atoms with Crippen molar-refractivity contribution in [1.29, 1.82) is 0 Å². The maximum Gasteiger partial charge on any atom is 0.220 e. The van der Waals surface area contributed by atoms with Crippen molar-refractivity contribution < 1.29 is 4.79 Å². The number of H-pyrrole nitrogens is 1. The van der Waals surface area contributed by atoms with Crippen LogP contribution < -0.4 is 10.6 Å². The Hall–Kier alpha value is -1.29. The second-order valence-corrected chi connectivity index (χ2v) is 5.82. The molecule has 3 N–H and O–H groups in total. The van der Waals surface area contributed by atoms with E-state index in [1.807, 2.05) is 12.4 Å². The van der Waals surface area contributed by atoms with Crippen molar-refractivity contribution in [2.45, 2.75) is 32.1 Å². The fourth-order valence-electron chi connectivity index (χ4n) is 2.39. The van der Waals surface area contributed by atoms with Gasteiger partial charge in [-0.3, -0.25) is 4.79 Å². The minimum atomic E-state index is -0.0242. The molecule has 1 fully saturated rings. The monoisotopic (exact) mass is 249 g/mol. The van der Waals surface area contributed by atoms with E-state index < -0.39 is 0 Å². The van der Waals surface area contributed by atoms with Crippen LogP contribution in [-0.2, 0) is 10.2 Å². The molecule has 0 saturated carbocycles. The van der Waals surface area contributed by atoms with Gasteiger partial charge in [0.1, 0.15) is 0 Å². The van der Waals surface area contributed by atoms with Gasteiger partial charge in [0.05, 0.1) is 0 Å². The molecule has 2 heterocycles. The highest BCUT2D eigenvalue weighted by Gasteiger charge is 2.23. The summed E-state index contributed by atoms with van der Waals surface area (Å²) >= 11 is 0. The Bertz CT molecular complexity index is 378. The minimum absolute atomic E-state index is 0.0242. The summed E-state index contributed by atoms with van der Waals surface area (Å²) in [4.78, 5) is 14.9. The van der Waals surface area contributed by atoms with Crippen LogP contribution in [0, 0.1) is 5.92 Å². The Kier molecular flexibility index (Phi) is 4.07. The highest BCUT2D eigenvalue weighted by molar-refractivity contribution is 5.76. The first-order valence-electron chi connectivity index (χ1n) is 6.68. The van der Waals surface area contributed by atoms with E-state index in [2.05, 4.69) is 35.5 Å². The topological polar surface area (TPSA) is 56.9 Å². The molecule has 1 saturated heterocycles. The molecular formula is C14H23N3O. The number of rotatable bonds is 5. The molecule has 4 nitrogen and oxygen atoms in total. The second kappa shape index (κ2) is 5.57. The number of nitrogens with one attached hydrogen (secondary N) is 3. The van der Waals surface area contributed by atoms with Gasteiger partial charge in [0.15, 0.2) is 0 Å². The number of amides is 1. The van der Waals surface area contributed by atoms with Gasteiger partial charge in [-0.15, -0.1) is 0 Å². The van der Waals surface area contributed by atoms with Gasteiger partial charge in [0.25, 0.3) is 0 Å². The van der Waals surface area contributed by atoms with Crippen LogP contribution in [0.15, 0.2) is 18.5 Å². The zero-order chi connectivity index (χ0) is 13.0. The van der Waals surface area contributed by atoms with Crippen molar-refractivity contribution >= 4 is 5.91 Å². The Morgan fingerprint density at radius 1 is 1.56 bits per heavy atom. The van der Waals surface area contributed by atoms with Crippen molar-refractivity contribution in [3.63, 3.8) is 0 Å². The smallest absolute Gasteiger partial charge is 0.220 e. The third-order valence-electron chi connectivity index (χ3n) is 3.74. The lowest BCUT2D eigenvalue weighted by Crippen LogP contribution is -2.37. The zero-order valence-corrected chi connectivity index (χ0v) is 11.3. The van der Waals surface area contributed by atoms with Gasteiger partial charge in [0, 0.05) is 30.8 Å². The molecule has 1 amide bonds. The average Bonchev–Trinajstić information content (AvgIpc) is 2.99. The zero-order valence-electron chi connectivity index (χ0n) is 11.3. The van der Waals surface area contributed by atoms with Crippen molar-refractivity contribution in [3.8, 4) is 0 Å². The first-order valence-corrected chi connectivity index (χ1v) is 6.68. The summed E-state index contributed by atoms with van der Waals surface area (Å²) in [6, 6.07) is 2.06. The molecule has 4 heteroatoms. The predicted molar refractivity (Wildman–Crippen MR) is 72.4 cm³/mol. The maximum absolute atomic E-state index is 11.9. The van der Waals surface area contributed by atoms with Crippen molar-refractivity contribution in [2.75, 3.05) is 19.6 Å². The Labute approximate surface area is 109 Å². The molecule has 1 aliphatic heterocycles. The van der Waals surface area contributed by atoms with Crippen LogP contribution in [0.25, 0.3) is 0 Å². The number of aromatic amines is 1. The van der Waals surface area contributed by atoms with E-state index in [-0.39, 0.29) is 11.3 Å². The lowest BCUT2D eigenvalue weighted by Gasteiger charge is -2.24. The van der Waals surface area contributed by atoms with Crippen LogP contribution in [0.2, 0.25) is 0 Å². The quantitative estimate of drug-likeness (QED) is 0.739. The Balaban J connectivity index is 1.78. The molecule has 0 bridgehead atoms. The summed E-state index contributed by atoms with van der Waals surface area (Å²) in [6.07, 6.45) is 5.68. The summed E-state index contributed by atoms with van der Waals surface area (Å²) in [7, 11) is 0. The molecule has 1 atom stereocenters. The average molecular weight is 249 g/mol. The van der Waals surface area contributed by atoms with Crippen LogP contribution in [-0.4, -0.2) is 30.5 Å². The van der Waals surface area contributed by atoms with E-state index in [1.54, 1.807) is 0 Å². The van der Waals surface area contributed by atoms with Crippen LogP contribution >= 0.6 is 0 Å².